The van der Waals surface area contributed by atoms with E-state index in [0.29, 0.717) is 23.0 Å². The fraction of sp³-hybridized carbons (Fsp3) is 0.391. The van der Waals surface area contributed by atoms with Crippen LogP contribution in [-0.4, -0.2) is 24.5 Å². The van der Waals surface area contributed by atoms with E-state index >= 15 is 0 Å². The second-order valence-corrected chi connectivity index (χ2v) is 7.15. The Balaban J connectivity index is 0.000000180. The molecule has 0 spiro atoms. The lowest BCUT2D eigenvalue weighted by Crippen LogP contribution is -2.31. The predicted octanol–water partition coefficient (Wildman–Crippen LogP) is 4.56. The maximum Gasteiger partial charge on any atom is 0.259 e. The van der Waals surface area contributed by atoms with Gasteiger partial charge in [0.05, 0.1) is 11.7 Å². The molecule has 7 nitrogen and oxygen atoms in total. The summed E-state index contributed by atoms with van der Waals surface area (Å²) in [5.41, 5.74) is 9.27. The SMILES string of the molecule is CC.CCc1cc2cccc(C)c2c(=O)n1C1CCC1.Nc1ncnc2nc[nH]c12. The van der Waals surface area contributed by atoms with Crippen LogP contribution < -0.4 is 11.3 Å². The lowest BCUT2D eigenvalue weighted by atomic mass is 9.91. The molecule has 1 aromatic carbocycles. The molecule has 1 aliphatic rings. The van der Waals surface area contributed by atoms with Gasteiger partial charge in [-0.15, -0.1) is 0 Å². The Morgan fingerprint density at radius 2 is 1.97 bits per heavy atom. The van der Waals surface area contributed by atoms with Crippen molar-refractivity contribution in [3.05, 3.63) is 58.5 Å². The molecule has 0 unspecified atom stereocenters. The number of imidazole rings is 1. The number of nitrogen functional groups attached to an aromatic ring is 1. The fourth-order valence-electron chi connectivity index (χ4n) is 3.70. The summed E-state index contributed by atoms with van der Waals surface area (Å²) in [6, 6.07) is 8.75. The van der Waals surface area contributed by atoms with Crippen LogP contribution >= 0.6 is 0 Å². The molecule has 0 bridgehead atoms. The average molecular weight is 407 g/mol. The van der Waals surface area contributed by atoms with Crippen molar-refractivity contribution in [1.82, 2.24) is 24.5 Å². The van der Waals surface area contributed by atoms with Crippen molar-refractivity contribution in [2.24, 2.45) is 0 Å². The van der Waals surface area contributed by atoms with E-state index in [-0.39, 0.29) is 5.56 Å². The molecule has 5 rings (SSSR count). The van der Waals surface area contributed by atoms with Crippen molar-refractivity contribution in [3.63, 3.8) is 0 Å². The number of fused-ring (bicyclic) bond motifs is 2. The predicted molar refractivity (Wildman–Crippen MR) is 123 cm³/mol. The molecule has 0 aliphatic heterocycles. The molecular formula is C23H30N6O. The third-order valence-electron chi connectivity index (χ3n) is 5.42. The monoisotopic (exact) mass is 406 g/mol. The highest BCUT2D eigenvalue weighted by Crippen LogP contribution is 2.32. The zero-order valence-corrected chi connectivity index (χ0v) is 18.1. The molecule has 3 aromatic heterocycles. The number of pyridine rings is 1. The van der Waals surface area contributed by atoms with Gasteiger partial charge in [0.15, 0.2) is 11.5 Å². The normalized spacial score (nSPS) is 13.2. The van der Waals surface area contributed by atoms with E-state index in [1.807, 2.05) is 39.0 Å². The first-order valence-electron chi connectivity index (χ1n) is 10.6. The molecule has 1 fully saturated rings. The van der Waals surface area contributed by atoms with Crippen LogP contribution in [0, 0.1) is 6.92 Å². The van der Waals surface area contributed by atoms with Gasteiger partial charge in [-0.3, -0.25) is 4.79 Å². The molecular weight excluding hydrogens is 376 g/mol. The Hall–Kier alpha value is -3.22. The summed E-state index contributed by atoms with van der Waals surface area (Å²) in [6.45, 7) is 8.16. The molecule has 0 amide bonds. The van der Waals surface area contributed by atoms with Gasteiger partial charge in [0, 0.05) is 11.7 Å². The summed E-state index contributed by atoms with van der Waals surface area (Å²) in [4.78, 5) is 27.1. The quantitative estimate of drug-likeness (QED) is 0.508. The summed E-state index contributed by atoms with van der Waals surface area (Å²) >= 11 is 0. The van der Waals surface area contributed by atoms with Crippen LogP contribution in [0.3, 0.4) is 0 Å². The molecule has 3 N–H and O–H groups in total. The lowest BCUT2D eigenvalue weighted by molar-refractivity contribution is 0.301. The number of aromatic amines is 1. The first-order valence-corrected chi connectivity index (χ1v) is 10.6. The zero-order chi connectivity index (χ0) is 21.7. The van der Waals surface area contributed by atoms with Gasteiger partial charge in [0.25, 0.3) is 5.56 Å². The van der Waals surface area contributed by atoms with Crippen molar-refractivity contribution in [2.75, 3.05) is 5.73 Å². The number of hydrogen-bond donors (Lipinski definition) is 2. The van der Waals surface area contributed by atoms with E-state index in [1.54, 1.807) is 0 Å². The summed E-state index contributed by atoms with van der Waals surface area (Å²) in [5.74, 6) is 0.433. The van der Waals surface area contributed by atoms with E-state index in [2.05, 4.69) is 37.5 Å². The minimum Gasteiger partial charge on any atom is -0.382 e. The number of H-pyrrole nitrogens is 1. The van der Waals surface area contributed by atoms with Gasteiger partial charge in [-0.25, -0.2) is 15.0 Å². The second kappa shape index (κ2) is 9.52. The molecule has 30 heavy (non-hydrogen) atoms. The van der Waals surface area contributed by atoms with Crippen LogP contribution in [0.4, 0.5) is 5.82 Å². The Labute approximate surface area is 176 Å². The molecule has 158 valence electrons. The number of aromatic nitrogens is 5. The van der Waals surface area contributed by atoms with Crippen molar-refractivity contribution >= 4 is 27.8 Å². The second-order valence-electron chi connectivity index (χ2n) is 7.15. The van der Waals surface area contributed by atoms with E-state index < -0.39 is 0 Å². The first-order chi connectivity index (χ1) is 14.6. The van der Waals surface area contributed by atoms with Gasteiger partial charge in [-0.05, 0) is 49.6 Å². The van der Waals surface area contributed by atoms with Crippen LogP contribution in [0.2, 0.25) is 0 Å². The van der Waals surface area contributed by atoms with Crippen LogP contribution in [0.15, 0.2) is 41.7 Å². The van der Waals surface area contributed by atoms with Crippen LogP contribution in [0.25, 0.3) is 21.9 Å². The molecule has 0 saturated heterocycles. The highest BCUT2D eigenvalue weighted by Gasteiger charge is 2.23. The van der Waals surface area contributed by atoms with E-state index in [9.17, 15) is 4.79 Å². The zero-order valence-electron chi connectivity index (χ0n) is 18.1. The summed E-state index contributed by atoms with van der Waals surface area (Å²) in [5, 5.41) is 1.99. The van der Waals surface area contributed by atoms with Crippen molar-refractivity contribution in [3.8, 4) is 0 Å². The first kappa shape index (κ1) is 21.5. The van der Waals surface area contributed by atoms with Gasteiger partial charge in [-0.1, -0.05) is 39.0 Å². The van der Waals surface area contributed by atoms with Crippen LogP contribution in [-0.2, 0) is 6.42 Å². The van der Waals surface area contributed by atoms with Crippen LogP contribution in [0.5, 0.6) is 0 Å². The molecule has 3 heterocycles. The number of benzene rings is 1. The van der Waals surface area contributed by atoms with E-state index in [0.717, 1.165) is 35.6 Å². The standard InChI is InChI=1S/C16H19NO.C5H5N5.C2H6/c1-3-13-10-12-7-4-6-11(2)15(12)16(18)17(13)14-8-5-9-14;6-4-3-5(9-1-7-3)10-2-8-4;1-2/h4,6-7,10,14H,3,5,8-9H2,1-2H3;1-2H,(H3,6,7,8,9,10);1-2H3. The number of rotatable bonds is 2. The van der Waals surface area contributed by atoms with Gasteiger partial charge in [-0.2, -0.15) is 0 Å². The number of anilines is 1. The summed E-state index contributed by atoms with van der Waals surface area (Å²) < 4.78 is 2.05. The minimum absolute atomic E-state index is 0.215. The number of nitrogens with zero attached hydrogens (tertiary/aromatic N) is 4. The molecule has 1 aliphatic carbocycles. The van der Waals surface area contributed by atoms with Crippen molar-refractivity contribution in [2.45, 2.75) is 59.4 Å². The maximum absolute atomic E-state index is 12.7. The third-order valence-corrected chi connectivity index (χ3v) is 5.42. The van der Waals surface area contributed by atoms with E-state index in [1.165, 1.54) is 24.8 Å². The molecule has 0 atom stereocenters. The van der Waals surface area contributed by atoms with E-state index in [4.69, 9.17) is 5.73 Å². The van der Waals surface area contributed by atoms with Gasteiger partial charge < -0.3 is 15.3 Å². The number of hydrogen-bond acceptors (Lipinski definition) is 5. The lowest BCUT2D eigenvalue weighted by Gasteiger charge is -2.30. The van der Waals surface area contributed by atoms with Gasteiger partial charge >= 0.3 is 0 Å². The van der Waals surface area contributed by atoms with Crippen LogP contribution in [0.1, 0.15) is 57.3 Å². The van der Waals surface area contributed by atoms with Gasteiger partial charge in [0.2, 0.25) is 0 Å². The third kappa shape index (κ3) is 4.06. The Bertz CT molecular complexity index is 1190. The van der Waals surface area contributed by atoms with Crippen molar-refractivity contribution in [1.29, 1.82) is 0 Å². The largest absolute Gasteiger partial charge is 0.382 e. The number of nitrogens with one attached hydrogen (secondary N) is 1. The molecule has 4 aromatic rings. The Morgan fingerprint density at radius 3 is 2.60 bits per heavy atom. The fourth-order valence-corrected chi connectivity index (χ4v) is 3.70. The highest BCUT2D eigenvalue weighted by atomic mass is 16.1. The smallest absolute Gasteiger partial charge is 0.259 e. The number of aryl methyl sites for hydroxylation is 2. The van der Waals surface area contributed by atoms with Gasteiger partial charge in [0.1, 0.15) is 11.8 Å². The molecule has 1 saturated carbocycles. The topological polar surface area (TPSA) is 102 Å². The summed E-state index contributed by atoms with van der Waals surface area (Å²) in [6.07, 6.45) is 7.42. The summed E-state index contributed by atoms with van der Waals surface area (Å²) in [7, 11) is 0. The highest BCUT2D eigenvalue weighted by molar-refractivity contribution is 5.85. The Kier molecular flexibility index (Phi) is 6.82. The van der Waals surface area contributed by atoms with Crippen molar-refractivity contribution < 1.29 is 0 Å². The molecule has 7 heteroatoms. The maximum atomic E-state index is 12.7. The number of nitrogens with two attached hydrogens (primary N) is 1. The minimum atomic E-state index is 0.215. The molecule has 0 radical (unpaired) electrons. The average Bonchev–Trinajstić information content (AvgIpc) is 3.21. The Morgan fingerprint density at radius 1 is 1.20 bits per heavy atom.